The molecule has 0 fully saturated rings. The predicted octanol–water partition coefficient (Wildman–Crippen LogP) is 3.83. The second-order valence-electron chi connectivity index (χ2n) is 7.35. The summed E-state index contributed by atoms with van der Waals surface area (Å²) < 4.78 is 10.8. The zero-order chi connectivity index (χ0) is 20.3. The van der Waals surface area contributed by atoms with Crippen molar-refractivity contribution in [2.45, 2.75) is 32.9 Å². The molecule has 1 aliphatic heterocycles. The van der Waals surface area contributed by atoms with Gasteiger partial charge in [-0.25, -0.2) is 4.79 Å². The zero-order valence-electron chi connectivity index (χ0n) is 16.0. The molecule has 7 heteroatoms. The Morgan fingerprint density at radius 3 is 2.75 bits per heavy atom. The average molecular weight is 379 g/mol. The van der Waals surface area contributed by atoms with Crippen LogP contribution in [0.3, 0.4) is 0 Å². The molecule has 7 nitrogen and oxygen atoms in total. The van der Waals surface area contributed by atoms with Crippen molar-refractivity contribution in [1.82, 2.24) is 0 Å². The van der Waals surface area contributed by atoms with E-state index in [-0.39, 0.29) is 19.1 Å². The number of rotatable bonds is 3. The molecule has 0 atom stereocenters. The lowest BCUT2D eigenvalue weighted by Gasteiger charge is -2.30. The number of nitriles is 1. The molecule has 0 unspecified atom stereocenters. The van der Waals surface area contributed by atoms with Gasteiger partial charge in [0.25, 0.3) is 5.91 Å². The lowest BCUT2D eigenvalue weighted by Crippen LogP contribution is -2.38. The fourth-order valence-electron chi connectivity index (χ4n) is 2.81. The number of hydrogen-bond donors (Lipinski definition) is 1. The van der Waals surface area contributed by atoms with Crippen molar-refractivity contribution >= 4 is 23.4 Å². The summed E-state index contributed by atoms with van der Waals surface area (Å²) in [7, 11) is 0. The van der Waals surface area contributed by atoms with E-state index in [1.807, 2.05) is 12.1 Å². The first kappa shape index (κ1) is 19.2. The normalized spacial score (nSPS) is 13.2. The number of carbonyl (C=O) groups is 2. The highest BCUT2D eigenvalue weighted by molar-refractivity contribution is 5.99. The largest absolute Gasteiger partial charge is 0.482 e. The summed E-state index contributed by atoms with van der Waals surface area (Å²) in [6.45, 7) is 5.48. The third kappa shape index (κ3) is 4.41. The van der Waals surface area contributed by atoms with Gasteiger partial charge in [0.15, 0.2) is 6.61 Å². The smallest absolute Gasteiger partial charge is 0.412 e. The van der Waals surface area contributed by atoms with E-state index in [9.17, 15) is 14.9 Å². The molecule has 1 heterocycles. The fraction of sp³-hybridized carbons (Fsp3) is 0.286. The number of ether oxygens (including phenoxy) is 2. The summed E-state index contributed by atoms with van der Waals surface area (Å²) in [6.07, 6.45) is -0.586. The fourth-order valence-corrected chi connectivity index (χ4v) is 2.81. The molecule has 0 spiro atoms. The highest BCUT2D eigenvalue weighted by atomic mass is 16.6. The van der Waals surface area contributed by atoms with Crippen LogP contribution in [0.1, 0.15) is 31.9 Å². The standard InChI is InChI=1S/C21H21N3O4/c1-21(2,3)28-20(26)23-16-8-9-18-17(10-16)24(19(25)13-27-18)12-15-7-5-4-6-14(15)11-22/h4-10H,12-13H2,1-3H3,(H,23,26). The van der Waals surface area contributed by atoms with E-state index in [0.29, 0.717) is 22.7 Å². The first-order chi connectivity index (χ1) is 13.3. The van der Waals surface area contributed by atoms with Crippen molar-refractivity contribution in [3.05, 3.63) is 53.6 Å². The minimum Gasteiger partial charge on any atom is -0.482 e. The molecule has 28 heavy (non-hydrogen) atoms. The molecule has 2 aromatic carbocycles. The molecule has 2 amide bonds. The third-order valence-electron chi connectivity index (χ3n) is 4.01. The summed E-state index contributed by atoms with van der Waals surface area (Å²) in [4.78, 5) is 26.1. The molecule has 0 radical (unpaired) electrons. The van der Waals surface area contributed by atoms with E-state index in [0.717, 1.165) is 5.56 Å². The van der Waals surface area contributed by atoms with Gasteiger partial charge in [-0.15, -0.1) is 0 Å². The van der Waals surface area contributed by atoms with Gasteiger partial charge in [0.2, 0.25) is 0 Å². The van der Waals surface area contributed by atoms with Crippen LogP contribution in [-0.2, 0) is 16.1 Å². The van der Waals surface area contributed by atoms with Gasteiger partial charge in [-0.1, -0.05) is 18.2 Å². The van der Waals surface area contributed by atoms with Crippen LogP contribution >= 0.6 is 0 Å². The number of fused-ring (bicyclic) bond motifs is 1. The number of benzene rings is 2. The van der Waals surface area contributed by atoms with Crippen LogP contribution in [0.15, 0.2) is 42.5 Å². The summed E-state index contributed by atoms with van der Waals surface area (Å²) in [5.41, 5.74) is 1.62. The summed E-state index contributed by atoms with van der Waals surface area (Å²) >= 11 is 0. The summed E-state index contributed by atoms with van der Waals surface area (Å²) in [5, 5.41) is 12.0. The van der Waals surface area contributed by atoms with E-state index in [1.165, 1.54) is 0 Å². The number of amides is 2. The lowest BCUT2D eigenvalue weighted by molar-refractivity contribution is -0.121. The minimum atomic E-state index is -0.621. The van der Waals surface area contributed by atoms with E-state index < -0.39 is 11.7 Å². The second kappa shape index (κ2) is 7.61. The molecule has 1 N–H and O–H groups in total. The Hall–Kier alpha value is -3.53. The van der Waals surface area contributed by atoms with Gasteiger partial charge in [-0.2, -0.15) is 5.26 Å². The van der Waals surface area contributed by atoms with Gasteiger partial charge in [0, 0.05) is 5.69 Å². The van der Waals surface area contributed by atoms with Crippen LogP contribution in [0, 0.1) is 11.3 Å². The molecule has 3 rings (SSSR count). The van der Waals surface area contributed by atoms with Crippen LogP contribution in [0.5, 0.6) is 5.75 Å². The van der Waals surface area contributed by atoms with Gasteiger partial charge >= 0.3 is 6.09 Å². The molecule has 1 aliphatic rings. The number of hydrogen-bond acceptors (Lipinski definition) is 5. The van der Waals surface area contributed by atoms with Crippen LogP contribution < -0.4 is 15.0 Å². The van der Waals surface area contributed by atoms with Gasteiger partial charge in [0.05, 0.1) is 23.9 Å². The second-order valence-corrected chi connectivity index (χ2v) is 7.35. The molecule has 0 aliphatic carbocycles. The van der Waals surface area contributed by atoms with E-state index in [1.54, 1.807) is 56.0 Å². The van der Waals surface area contributed by atoms with E-state index in [2.05, 4.69) is 11.4 Å². The van der Waals surface area contributed by atoms with E-state index in [4.69, 9.17) is 9.47 Å². The van der Waals surface area contributed by atoms with Crippen molar-refractivity contribution < 1.29 is 19.1 Å². The molecule has 2 aromatic rings. The average Bonchev–Trinajstić information content (AvgIpc) is 2.63. The SMILES string of the molecule is CC(C)(C)OC(=O)Nc1ccc2c(c1)N(Cc1ccccc1C#N)C(=O)CO2. The Balaban J connectivity index is 1.88. The quantitative estimate of drug-likeness (QED) is 0.875. The first-order valence-electron chi connectivity index (χ1n) is 8.82. The van der Waals surface area contributed by atoms with Gasteiger partial charge in [0.1, 0.15) is 11.4 Å². The molecule has 0 saturated carbocycles. The van der Waals surface area contributed by atoms with Gasteiger partial charge in [-0.05, 0) is 50.6 Å². The van der Waals surface area contributed by atoms with Crippen LogP contribution in [-0.4, -0.2) is 24.2 Å². The molecule has 0 saturated heterocycles. The van der Waals surface area contributed by atoms with Gasteiger partial charge in [-0.3, -0.25) is 10.1 Å². The lowest BCUT2D eigenvalue weighted by atomic mass is 10.1. The van der Waals surface area contributed by atoms with Crippen molar-refractivity contribution in [2.24, 2.45) is 0 Å². The number of carbonyl (C=O) groups excluding carboxylic acids is 2. The van der Waals surface area contributed by atoms with Crippen molar-refractivity contribution in [3.63, 3.8) is 0 Å². The Morgan fingerprint density at radius 1 is 1.29 bits per heavy atom. The Bertz CT molecular complexity index is 957. The number of anilines is 2. The Kier molecular flexibility index (Phi) is 5.23. The Labute approximate surface area is 163 Å². The zero-order valence-corrected chi connectivity index (χ0v) is 16.0. The Morgan fingerprint density at radius 2 is 2.04 bits per heavy atom. The highest BCUT2D eigenvalue weighted by Crippen LogP contribution is 2.36. The van der Waals surface area contributed by atoms with Crippen LogP contribution in [0.2, 0.25) is 0 Å². The summed E-state index contributed by atoms with van der Waals surface area (Å²) in [5.74, 6) is 0.304. The monoisotopic (exact) mass is 379 g/mol. The molecule has 0 bridgehead atoms. The van der Waals surface area contributed by atoms with Crippen molar-refractivity contribution in [3.8, 4) is 11.8 Å². The van der Waals surface area contributed by atoms with Crippen LogP contribution in [0.4, 0.5) is 16.2 Å². The molecular weight excluding hydrogens is 358 g/mol. The van der Waals surface area contributed by atoms with Crippen LogP contribution in [0.25, 0.3) is 0 Å². The maximum absolute atomic E-state index is 12.5. The van der Waals surface area contributed by atoms with Gasteiger partial charge < -0.3 is 14.4 Å². The molecular formula is C21H21N3O4. The van der Waals surface area contributed by atoms with E-state index >= 15 is 0 Å². The molecule has 0 aromatic heterocycles. The number of nitrogens with zero attached hydrogens (tertiary/aromatic N) is 2. The van der Waals surface area contributed by atoms with Crippen molar-refractivity contribution in [1.29, 1.82) is 5.26 Å². The third-order valence-corrected chi connectivity index (χ3v) is 4.01. The summed E-state index contributed by atoms with van der Waals surface area (Å²) in [6, 6.07) is 14.3. The molecule has 144 valence electrons. The maximum Gasteiger partial charge on any atom is 0.412 e. The maximum atomic E-state index is 12.5. The highest BCUT2D eigenvalue weighted by Gasteiger charge is 2.27. The predicted molar refractivity (Wildman–Crippen MR) is 104 cm³/mol. The number of nitrogens with one attached hydrogen (secondary N) is 1. The topological polar surface area (TPSA) is 91.7 Å². The minimum absolute atomic E-state index is 0.0828. The van der Waals surface area contributed by atoms with Crippen molar-refractivity contribution in [2.75, 3.05) is 16.8 Å². The first-order valence-corrected chi connectivity index (χ1v) is 8.82.